The Balaban J connectivity index is 0.000000158. The van der Waals surface area contributed by atoms with Gasteiger partial charge in [-0.15, -0.1) is 0 Å². The maximum atomic E-state index is 12.2. The molecule has 0 unspecified atom stereocenters. The maximum absolute atomic E-state index is 12.2. The Bertz CT molecular complexity index is 2470. The van der Waals surface area contributed by atoms with Gasteiger partial charge in [0.1, 0.15) is 33.3 Å². The molecule has 17 heteroatoms. The van der Waals surface area contributed by atoms with E-state index in [1.54, 1.807) is 18.2 Å². The number of amides is 1. The van der Waals surface area contributed by atoms with Gasteiger partial charge in [-0.2, -0.15) is 0 Å². The van der Waals surface area contributed by atoms with E-state index in [-0.39, 0.29) is 12.3 Å². The van der Waals surface area contributed by atoms with E-state index in [1.807, 2.05) is 30.6 Å². The molecule has 1 amide bonds. The van der Waals surface area contributed by atoms with E-state index in [0.717, 1.165) is 67.2 Å². The highest BCUT2D eigenvalue weighted by Crippen LogP contribution is 2.31. The minimum atomic E-state index is -0.789. The molecule has 0 aliphatic carbocycles. The smallest absolute Gasteiger partial charge is 0.303 e. The summed E-state index contributed by atoms with van der Waals surface area (Å²) < 4.78 is 0. The topological polar surface area (TPSA) is 204 Å². The van der Waals surface area contributed by atoms with Crippen LogP contribution in [0.5, 0.6) is 0 Å². The number of likely N-dealkylation sites (tertiary alicyclic amines) is 1. The minimum absolute atomic E-state index is 0.0879. The summed E-state index contributed by atoms with van der Waals surface area (Å²) in [6.07, 6.45) is 10.0. The van der Waals surface area contributed by atoms with Gasteiger partial charge in [-0.05, 0) is 79.1 Å². The fourth-order valence-electron chi connectivity index (χ4n) is 6.52. The van der Waals surface area contributed by atoms with Crippen LogP contribution in [0.15, 0.2) is 59.0 Å². The van der Waals surface area contributed by atoms with Crippen LogP contribution in [0.1, 0.15) is 64.9 Å². The number of nitrogens with one attached hydrogen (secondary N) is 2. The molecule has 9 rings (SSSR count). The standard InChI is InChI=1S/C21H22N6O2S.C17H15N5O2S/c1-21(29)10-27(11-21)17(28)4-2-3-16-26-18-19(23-12-24-20(18)30-16)25-15-6-5-13-8-22-9-14(13)7-15;23-14(24)3-1-2-13-22-15-16(19-9-20-17(15)25-13)21-12-5-4-10-7-18-8-11(10)6-12/h5-7,9,12,29H,2-4,8,10-11H2,1H3,(H,23,24,25);4-6,8-9H,1-3,7H2,(H,23,24)(H,19,20,21). The summed E-state index contributed by atoms with van der Waals surface area (Å²) in [6.45, 7) is 4.07. The van der Waals surface area contributed by atoms with Crippen molar-refractivity contribution in [2.45, 2.75) is 64.1 Å². The van der Waals surface area contributed by atoms with Crippen molar-refractivity contribution in [1.29, 1.82) is 0 Å². The van der Waals surface area contributed by atoms with Gasteiger partial charge < -0.3 is 25.7 Å². The molecule has 1 saturated heterocycles. The second-order valence-electron chi connectivity index (χ2n) is 13.8. The Morgan fingerprint density at radius 2 is 1.27 bits per heavy atom. The van der Waals surface area contributed by atoms with E-state index < -0.39 is 11.6 Å². The number of aliphatic carboxylic acids is 1. The van der Waals surface area contributed by atoms with Crippen molar-refractivity contribution in [3.05, 3.63) is 81.3 Å². The van der Waals surface area contributed by atoms with Gasteiger partial charge in [-0.25, -0.2) is 29.9 Å². The number of benzene rings is 2. The number of aliphatic imine (C=N–C) groups is 2. The third-order valence-corrected chi connectivity index (χ3v) is 11.3. The van der Waals surface area contributed by atoms with Crippen molar-refractivity contribution in [1.82, 2.24) is 34.8 Å². The lowest BCUT2D eigenvalue weighted by atomic mass is 9.96. The minimum Gasteiger partial charge on any atom is -0.481 e. The molecule has 1 fully saturated rings. The summed E-state index contributed by atoms with van der Waals surface area (Å²) in [6, 6.07) is 12.3. The first-order valence-corrected chi connectivity index (χ1v) is 19.5. The van der Waals surface area contributed by atoms with Crippen LogP contribution in [-0.2, 0) is 35.5 Å². The maximum Gasteiger partial charge on any atom is 0.303 e. The summed E-state index contributed by atoms with van der Waals surface area (Å²) in [5.41, 5.74) is 7.27. The predicted octanol–water partition coefficient (Wildman–Crippen LogP) is 5.85. The van der Waals surface area contributed by atoms with Crippen LogP contribution in [0.4, 0.5) is 23.0 Å². The molecular formula is C38H37N11O4S2. The van der Waals surface area contributed by atoms with Crippen LogP contribution in [0.25, 0.3) is 20.7 Å². The van der Waals surface area contributed by atoms with Gasteiger partial charge in [-0.1, -0.05) is 34.8 Å². The van der Waals surface area contributed by atoms with Gasteiger partial charge in [0.15, 0.2) is 11.6 Å². The zero-order valence-corrected chi connectivity index (χ0v) is 31.5. The van der Waals surface area contributed by atoms with Crippen molar-refractivity contribution in [2.24, 2.45) is 9.98 Å². The molecule has 3 aliphatic rings. The number of carbonyl (C=O) groups is 2. The number of fused-ring (bicyclic) bond motifs is 4. The molecule has 280 valence electrons. The largest absolute Gasteiger partial charge is 0.481 e. The van der Waals surface area contributed by atoms with E-state index in [0.29, 0.717) is 55.9 Å². The molecule has 0 radical (unpaired) electrons. The number of hydrogen-bond acceptors (Lipinski definition) is 15. The number of aryl methyl sites for hydroxylation is 2. The third-order valence-electron chi connectivity index (χ3n) is 9.26. The van der Waals surface area contributed by atoms with E-state index >= 15 is 0 Å². The van der Waals surface area contributed by atoms with E-state index in [1.165, 1.54) is 40.1 Å². The van der Waals surface area contributed by atoms with Gasteiger partial charge in [0.2, 0.25) is 5.91 Å². The number of aliphatic hydroxyl groups is 1. The Hall–Kier alpha value is -5.78. The fraction of sp³-hybridized carbons (Fsp3) is 0.316. The Morgan fingerprint density at radius 1 is 0.764 bits per heavy atom. The van der Waals surface area contributed by atoms with Gasteiger partial charge in [-0.3, -0.25) is 19.6 Å². The summed E-state index contributed by atoms with van der Waals surface area (Å²) in [5, 5.41) is 27.0. The molecule has 2 aromatic carbocycles. The fourth-order valence-corrected chi connectivity index (χ4v) is 8.41. The zero-order valence-electron chi connectivity index (χ0n) is 29.9. The number of carboxylic acid groups (broad SMARTS) is 1. The van der Waals surface area contributed by atoms with Crippen molar-refractivity contribution in [3.8, 4) is 0 Å². The van der Waals surface area contributed by atoms with Crippen molar-refractivity contribution >= 4 is 90.7 Å². The van der Waals surface area contributed by atoms with Crippen molar-refractivity contribution in [3.63, 3.8) is 0 Å². The molecule has 15 nitrogen and oxygen atoms in total. The lowest BCUT2D eigenvalue weighted by molar-refractivity contribution is -0.152. The molecule has 6 aromatic rings. The van der Waals surface area contributed by atoms with Crippen molar-refractivity contribution in [2.75, 3.05) is 23.7 Å². The SMILES string of the molecule is CC1(O)CN(C(=O)CCCc2nc3c(Nc4ccc5c(c4)C=NC5)ncnc3s2)C1.O=C(O)CCCc1nc2c(Nc3ccc4c(c3)C=NC4)ncnc2s1. The molecule has 0 spiro atoms. The summed E-state index contributed by atoms with van der Waals surface area (Å²) in [5.74, 6) is 0.630. The highest BCUT2D eigenvalue weighted by Gasteiger charge is 2.38. The first-order chi connectivity index (χ1) is 26.7. The number of rotatable bonds is 12. The quantitative estimate of drug-likeness (QED) is 0.116. The zero-order chi connectivity index (χ0) is 37.9. The first-order valence-electron chi connectivity index (χ1n) is 17.9. The van der Waals surface area contributed by atoms with Crippen LogP contribution in [0.2, 0.25) is 0 Å². The number of thiazole rings is 2. The van der Waals surface area contributed by atoms with Gasteiger partial charge in [0.05, 0.1) is 41.8 Å². The van der Waals surface area contributed by atoms with Crippen LogP contribution < -0.4 is 10.6 Å². The van der Waals surface area contributed by atoms with E-state index in [2.05, 4.69) is 63.7 Å². The molecule has 4 N–H and O–H groups in total. The Kier molecular flexibility index (Phi) is 10.2. The van der Waals surface area contributed by atoms with Gasteiger partial charge in [0, 0.05) is 36.6 Å². The summed E-state index contributed by atoms with van der Waals surface area (Å²) >= 11 is 3.01. The number of nitrogens with zero attached hydrogens (tertiary/aromatic N) is 9. The monoisotopic (exact) mass is 775 g/mol. The van der Waals surface area contributed by atoms with Crippen LogP contribution >= 0.6 is 22.7 Å². The molecular weight excluding hydrogens is 739 g/mol. The number of anilines is 4. The van der Waals surface area contributed by atoms with E-state index in [4.69, 9.17) is 10.1 Å². The second kappa shape index (κ2) is 15.5. The number of carboxylic acids is 1. The number of carbonyl (C=O) groups excluding carboxylic acids is 1. The van der Waals surface area contributed by atoms with Crippen LogP contribution in [-0.4, -0.2) is 88.0 Å². The highest BCUT2D eigenvalue weighted by atomic mass is 32.1. The van der Waals surface area contributed by atoms with Gasteiger partial charge in [0.25, 0.3) is 0 Å². The van der Waals surface area contributed by atoms with E-state index in [9.17, 15) is 14.7 Å². The first kappa shape index (κ1) is 36.2. The Morgan fingerprint density at radius 3 is 1.76 bits per heavy atom. The van der Waals surface area contributed by atoms with Crippen LogP contribution in [0.3, 0.4) is 0 Å². The second-order valence-corrected chi connectivity index (χ2v) is 16.0. The predicted molar refractivity (Wildman–Crippen MR) is 213 cm³/mol. The lowest BCUT2D eigenvalue weighted by Crippen LogP contribution is -2.61. The molecule has 55 heavy (non-hydrogen) atoms. The molecule has 7 heterocycles. The summed E-state index contributed by atoms with van der Waals surface area (Å²) in [7, 11) is 0. The normalized spacial score (nSPS) is 14.7. The number of hydrogen-bond donors (Lipinski definition) is 4. The molecule has 0 bridgehead atoms. The van der Waals surface area contributed by atoms with Crippen molar-refractivity contribution < 1.29 is 19.8 Å². The average Bonchev–Trinajstić information content (AvgIpc) is 3.97. The molecule has 0 saturated carbocycles. The molecule has 0 atom stereocenters. The average molecular weight is 776 g/mol. The third kappa shape index (κ3) is 8.48. The Labute approximate surface area is 323 Å². The molecule has 4 aromatic heterocycles. The summed E-state index contributed by atoms with van der Waals surface area (Å²) in [4.78, 5) is 61.3. The lowest BCUT2D eigenvalue weighted by Gasteiger charge is -2.44. The molecule has 3 aliphatic heterocycles. The van der Waals surface area contributed by atoms with Crippen LogP contribution in [0, 0.1) is 0 Å². The number of aromatic nitrogens is 6. The highest BCUT2D eigenvalue weighted by molar-refractivity contribution is 7.18. The van der Waals surface area contributed by atoms with Gasteiger partial charge >= 0.3 is 5.97 Å². The number of β-amino-alcohol motifs (C(OH)–C–C–N with tert-alkyl or cyclic N) is 1.